The number of halogens is 1. The minimum Gasteiger partial charge on any atom is -0.478 e. The number of rotatable bonds is 4. The van der Waals surface area contributed by atoms with Gasteiger partial charge >= 0.3 is 5.97 Å². The molecule has 9 nitrogen and oxygen atoms in total. The van der Waals surface area contributed by atoms with Gasteiger partial charge < -0.3 is 19.7 Å². The number of carboxylic acids is 1. The van der Waals surface area contributed by atoms with Gasteiger partial charge in [0, 0.05) is 12.1 Å². The lowest BCUT2D eigenvalue weighted by atomic mass is 10.0. The molecule has 160 valence electrons. The lowest BCUT2D eigenvalue weighted by molar-refractivity contribution is 0.0681. The highest BCUT2D eigenvalue weighted by Gasteiger charge is 2.30. The van der Waals surface area contributed by atoms with Crippen molar-refractivity contribution >= 4 is 23.5 Å². The number of ether oxygens (including phenoxy) is 1. The van der Waals surface area contributed by atoms with Crippen molar-refractivity contribution in [1.29, 1.82) is 0 Å². The number of amides is 1. The van der Waals surface area contributed by atoms with E-state index in [4.69, 9.17) is 16.3 Å². The fraction of sp³-hybridized carbons (Fsp3) is 0.333. The number of carbonyl (C=O) groups is 2. The van der Waals surface area contributed by atoms with Gasteiger partial charge in [-0.1, -0.05) is 17.7 Å². The van der Waals surface area contributed by atoms with Gasteiger partial charge in [0.1, 0.15) is 5.69 Å². The van der Waals surface area contributed by atoms with E-state index < -0.39 is 12.0 Å². The molecule has 0 saturated heterocycles. The Hall–Kier alpha value is -3.17. The fourth-order valence-electron chi connectivity index (χ4n) is 4.21. The molecule has 0 spiro atoms. The van der Waals surface area contributed by atoms with Gasteiger partial charge in [0.05, 0.1) is 59.4 Å². The number of aromatic carboxylic acids is 1. The normalized spacial score (nSPS) is 17.6. The van der Waals surface area contributed by atoms with Crippen molar-refractivity contribution in [1.82, 2.24) is 24.6 Å². The van der Waals surface area contributed by atoms with Crippen molar-refractivity contribution in [3.05, 3.63) is 64.0 Å². The summed E-state index contributed by atoms with van der Waals surface area (Å²) >= 11 is 6.33. The second kappa shape index (κ2) is 7.82. The highest BCUT2D eigenvalue weighted by molar-refractivity contribution is 6.35. The Kier molecular flexibility index (Phi) is 4.99. The summed E-state index contributed by atoms with van der Waals surface area (Å²) in [7, 11) is 0. The van der Waals surface area contributed by atoms with Gasteiger partial charge in [-0.15, -0.1) is 0 Å². The zero-order chi connectivity index (χ0) is 21.5. The third kappa shape index (κ3) is 3.39. The molecule has 3 aromatic rings. The van der Waals surface area contributed by atoms with E-state index in [9.17, 15) is 14.7 Å². The van der Waals surface area contributed by atoms with Crippen molar-refractivity contribution in [3.8, 4) is 5.69 Å². The number of aryl methyl sites for hydroxylation is 1. The second-order valence-electron chi connectivity index (χ2n) is 7.63. The molecule has 1 amide bonds. The van der Waals surface area contributed by atoms with E-state index >= 15 is 0 Å². The van der Waals surface area contributed by atoms with Crippen LogP contribution in [-0.2, 0) is 24.3 Å². The van der Waals surface area contributed by atoms with Crippen LogP contribution >= 0.6 is 11.6 Å². The number of hydrogen-bond acceptors (Lipinski definition) is 5. The van der Waals surface area contributed by atoms with E-state index in [-0.39, 0.29) is 23.1 Å². The largest absolute Gasteiger partial charge is 0.478 e. The minimum atomic E-state index is -1.11. The number of imidazole rings is 1. The third-order valence-electron chi connectivity index (χ3n) is 5.77. The first-order valence-corrected chi connectivity index (χ1v) is 10.4. The SMILES string of the molecule is O=C(O)c1cccc(-n2ncc3c2COC[C@H]3NC(=O)c2ncn3c2CCCC3)c1Cl. The first-order chi connectivity index (χ1) is 15.0. The average molecular weight is 442 g/mol. The maximum atomic E-state index is 13.0. The van der Waals surface area contributed by atoms with Crippen LogP contribution in [0, 0.1) is 0 Å². The second-order valence-corrected chi connectivity index (χ2v) is 8.01. The monoisotopic (exact) mass is 441 g/mol. The molecular formula is C21H20ClN5O4. The quantitative estimate of drug-likeness (QED) is 0.644. The molecule has 0 aliphatic carbocycles. The first kappa shape index (κ1) is 19.8. The van der Waals surface area contributed by atoms with Crippen molar-refractivity contribution in [2.45, 2.75) is 38.5 Å². The van der Waals surface area contributed by atoms with Gasteiger partial charge in [-0.25, -0.2) is 14.5 Å². The maximum Gasteiger partial charge on any atom is 0.337 e. The fourth-order valence-corrected chi connectivity index (χ4v) is 4.50. The predicted molar refractivity (Wildman–Crippen MR) is 111 cm³/mol. The van der Waals surface area contributed by atoms with Gasteiger partial charge in [-0.2, -0.15) is 5.10 Å². The summed E-state index contributed by atoms with van der Waals surface area (Å²) in [5, 5.41) is 16.9. The Bertz CT molecular complexity index is 1180. The lowest BCUT2D eigenvalue weighted by Crippen LogP contribution is -2.35. The number of aromatic nitrogens is 4. The molecule has 1 atom stereocenters. The Morgan fingerprint density at radius 1 is 1.26 bits per heavy atom. The number of carbonyl (C=O) groups excluding carboxylic acids is 1. The van der Waals surface area contributed by atoms with Gasteiger partial charge in [-0.3, -0.25) is 4.79 Å². The Labute approximate surface area is 182 Å². The van der Waals surface area contributed by atoms with E-state index in [2.05, 4.69) is 15.4 Å². The average Bonchev–Trinajstić information content (AvgIpc) is 3.39. The van der Waals surface area contributed by atoms with Gasteiger partial charge in [-0.05, 0) is 31.4 Å². The smallest absolute Gasteiger partial charge is 0.337 e. The van der Waals surface area contributed by atoms with E-state index in [0.717, 1.165) is 37.1 Å². The predicted octanol–water partition coefficient (Wildman–Crippen LogP) is 2.76. The molecule has 1 aromatic carbocycles. The van der Waals surface area contributed by atoms with Crippen LogP contribution in [0.3, 0.4) is 0 Å². The van der Waals surface area contributed by atoms with Gasteiger partial charge in [0.25, 0.3) is 5.91 Å². The Balaban J connectivity index is 1.44. The molecule has 2 N–H and O–H groups in total. The van der Waals surface area contributed by atoms with Crippen LogP contribution in [0.25, 0.3) is 5.69 Å². The van der Waals surface area contributed by atoms with Crippen LogP contribution in [0.4, 0.5) is 0 Å². The summed E-state index contributed by atoms with van der Waals surface area (Å²) in [5.41, 5.74) is 3.39. The number of hydrogen-bond donors (Lipinski definition) is 2. The van der Waals surface area contributed by atoms with E-state index in [1.54, 1.807) is 29.3 Å². The number of benzene rings is 1. The standard InChI is InChI=1S/C21H20ClN5O4/c22-18-12(21(29)30)4-3-6-15(18)27-17-10-31-9-14(13(17)8-24-27)25-20(28)19-16-5-1-2-7-26(16)11-23-19/h3-4,6,8,11,14H,1-2,5,7,9-10H2,(H,25,28)(H,29,30)/t14-/m1/s1. The summed E-state index contributed by atoms with van der Waals surface area (Å²) in [4.78, 5) is 28.7. The summed E-state index contributed by atoms with van der Waals surface area (Å²) in [6.45, 7) is 1.47. The molecule has 0 fully saturated rings. The van der Waals surface area contributed by atoms with E-state index in [1.807, 2.05) is 4.57 Å². The number of nitrogens with zero attached hydrogens (tertiary/aromatic N) is 4. The van der Waals surface area contributed by atoms with Crippen molar-refractivity contribution in [2.24, 2.45) is 0 Å². The lowest BCUT2D eigenvalue weighted by Gasteiger charge is -2.25. The van der Waals surface area contributed by atoms with Gasteiger partial charge in [0.2, 0.25) is 0 Å². The molecule has 2 aliphatic rings. The summed E-state index contributed by atoms with van der Waals surface area (Å²) in [6, 6.07) is 4.35. The zero-order valence-electron chi connectivity index (χ0n) is 16.5. The topological polar surface area (TPSA) is 111 Å². The molecular weight excluding hydrogens is 422 g/mol. The molecule has 31 heavy (non-hydrogen) atoms. The minimum absolute atomic E-state index is 0.00504. The molecule has 2 aliphatic heterocycles. The number of carboxylic acid groups (broad SMARTS) is 1. The molecule has 10 heteroatoms. The van der Waals surface area contributed by atoms with Crippen molar-refractivity contribution in [2.75, 3.05) is 6.61 Å². The van der Waals surface area contributed by atoms with Crippen LogP contribution in [0.2, 0.25) is 5.02 Å². The van der Waals surface area contributed by atoms with Crippen LogP contribution in [0.1, 0.15) is 56.7 Å². The van der Waals surface area contributed by atoms with Crippen LogP contribution in [0.5, 0.6) is 0 Å². The summed E-state index contributed by atoms with van der Waals surface area (Å²) < 4.78 is 9.33. The first-order valence-electron chi connectivity index (χ1n) is 10.1. The van der Waals surface area contributed by atoms with Crippen molar-refractivity contribution in [3.63, 3.8) is 0 Å². The molecule has 2 aromatic heterocycles. The van der Waals surface area contributed by atoms with Crippen LogP contribution < -0.4 is 5.32 Å². The Morgan fingerprint density at radius 2 is 2.13 bits per heavy atom. The maximum absolute atomic E-state index is 13.0. The zero-order valence-corrected chi connectivity index (χ0v) is 17.3. The Morgan fingerprint density at radius 3 is 2.97 bits per heavy atom. The summed E-state index contributed by atoms with van der Waals surface area (Å²) in [6.07, 6.45) is 6.36. The number of nitrogens with one attached hydrogen (secondary N) is 1. The third-order valence-corrected chi connectivity index (χ3v) is 6.16. The summed E-state index contributed by atoms with van der Waals surface area (Å²) in [5.74, 6) is -1.35. The molecule has 0 saturated carbocycles. The van der Waals surface area contributed by atoms with E-state index in [0.29, 0.717) is 23.7 Å². The molecule has 5 rings (SSSR count). The molecule has 0 unspecified atom stereocenters. The molecule has 0 bridgehead atoms. The van der Waals surface area contributed by atoms with E-state index in [1.165, 1.54) is 6.07 Å². The van der Waals surface area contributed by atoms with Crippen LogP contribution in [-0.4, -0.2) is 42.9 Å². The highest BCUT2D eigenvalue weighted by atomic mass is 35.5. The van der Waals surface area contributed by atoms with Crippen LogP contribution in [0.15, 0.2) is 30.7 Å². The van der Waals surface area contributed by atoms with Crippen molar-refractivity contribution < 1.29 is 19.4 Å². The van der Waals surface area contributed by atoms with Gasteiger partial charge in [0.15, 0.2) is 0 Å². The molecule has 4 heterocycles. The highest BCUT2D eigenvalue weighted by Crippen LogP contribution is 2.31. The molecule has 0 radical (unpaired) electrons. The number of fused-ring (bicyclic) bond motifs is 2.